The zero-order valence-electron chi connectivity index (χ0n) is 14.9. The fourth-order valence-electron chi connectivity index (χ4n) is 2.61. The molecule has 0 bridgehead atoms. The lowest BCUT2D eigenvalue weighted by atomic mass is 10.1. The number of H-pyrrole nitrogens is 1. The number of amides is 2. The molecule has 7 nitrogen and oxygen atoms in total. The fraction of sp³-hybridized carbons (Fsp3) is 0.222. The van der Waals surface area contributed by atoms with Gasteiger partial charge in [-0.15, -0.1) is 0 Å². The third kappa shape index (κ3) is 4.27. The third-order valence-electron chi connectivity index (χ3n) is 3.96. The van der Waals surface area contributed by atoms with Crippen LogP contribution < -0.4 is 10.6 Å². The topological polar surface area (TPSA) is 99.8 Å². The summed E-state index contributed by atoms with van der Waals surface area (Å²) in [5, 5.41) is 5.25. The van der Waals surface area contributed by atoms with Crippen molar-refractivity contribution in [2.75, 3.05) is 5.32 Å². The second-order valence-corrected chi connectivity index (χ2v) is 6.17. The third-order valence-corrected chi connectivity index (χ3v) is 3.96. The van der Waals surface area contributed by atoms with E-state index in [0.29, 0.717) is 11.4 Å². The molecule has 2 aromatic heterocycles. The maximum Gasteiger partial charge on any atom is 0.416 e. The molecule has 2 heterocycles. The molecule has 0 spiro atoms. The number of pyridine rings is 1. The molecule has 146 valence electrons. The lowest BCUT2D eigenvalue weighted by Gasteiger charge is -2.14. The van der Waals surface area contributed by atoms with Gasteiger partial charge in [0, 0.05) is 13.1 Å². The van der Waals surface area contributed by atoms with Crippen LogP contribution in [-0.2, 0) is 11.0 Å². The van der Waals surface area contributed by atoms with Gasteiger partial charge < -0.3 is 15.6 Å². The normalized spacial score (nSPS) is 12.6. The summed E-state index contributed by atoms with van der Waals surface area (Å²) < 4.78 is 38.4. The largest absolute Gasteiger partial charge is 0.416 e. The second kappa shape index (κ2) is 7.29. The Kier molecular flexibility index (Phi) is 5.04. The van der Waals surface area contributed by atoms with Crippen LogP contribution in [0.15, 0.2) is 36.5 Å². The molecule has 0 aliphatic carbocycles. The van der Waals surface area contributed by atoms with Crippen molar-refractivity contribution in [3.63, 3.8) is 0 Å². The number of carbonyl (C=O) groups excluding carboxylic acids is 2. The van der Waals surface area contributed by atoms with Gasteiger partial charge in [-0.3, -0.25) is 9.59 Å². The molecule has 2 amide bonds. The molecule has 1 atom stereocenters. The Bertz CT molecular complexity index is 1050. The van der Waals surface area contributed by atoms with Crippen LogP contribution in [-0.4, -0.2) is 26.8 Å². The van der Waals surface area contributed by atoms with E-state index in [1.165, 1.54) is 19.2 Å². The number of nitrogens with zero attached hydrogens (tertiary/aromatic N) is 2. The summed E-state index contributed by atoms with van der Waals surface area (Å²) in [4.78, 5) is 34.2. The summed E-state index contributed by atoms with van der Waals surface area (Å²) >= 11 is 0. The molecule has 0 aliphatic heterocycles. The standard InChI is InChI=1S/C18H16F3N5O2/c1-9(11-5-6-22-15(7-11)24-10(2)27)23-17(28)16-25-13-4-3-12(18(19,20)21)8-14(13)26-16/h3-9H,1-2H3,(H,23,28)(H,25,26)(H,22,24,27). The Morgan fingerprint density at radius 3 is 2.61 bits per heavy atom. The van der Waals surface area contributed by atoms with Crippen LogP contribution in [0, 0.1) is 0 Å². The van der Waals surface area contributed by atoms with Crippen LogP contribution in [0.2, 0.25) is 0 Å². The maximum atomic E-state index is 12.8. The van der Waals surface area contributed by atoms with Crippen molar-refractivity contribution in [2.24, 2.45) is 0 Å². The number of carbonyl (C=O) groups is 2. The molecule has 0 saturated heterocycles. The van der Waals surface area contributed by atoms with E-state index in [1.54, 1.807) is 19.1 Å². The van der Waals surface area contributed by atoms with E-state index < -0.39 is 23.7 Å². The zero-order chi connectivity index (χ0) is 20.5. The summed E-state index contributed by atoms with van der Waals surface area (Å²) in [6, 6.07) is 5.85. The van der Waals surface area contributed by atoms with Gasteiger partial charge in [0.25, 0.3) is 5.91 Å². The molecule has 0 radical (unpaired) electrons. The van der Waals surface area contributed by atoms with E-state index in [2.05, 4.69) is 25.6 Å². The number of hydrogen-bond donors (Lipinski definition) is 3. The van der Waals surface area contributed by atoms with E-state index in [-0.39, 0.29) is 22.8 Å². The number of imidazole rings is 1. The predicted molar refractivity (Wildman–Crippen MR) is 95.5 cm³/mol. The molecule has 28 heavy (non-hydrogen) atoms. The SMILES string of the molecule is CC(=O)Nc1cc(C(C)NC(=O)c2nc3ccc(C(F)(F)F)cc3[nH]2)ccn1. The molecule has 10 heteroatoms. The Morgan fingerprint density at radius 1 is 1.18 bits per heavy atom. The summed E-state index contributed by atoms with van der Waals surface area (Å²) in [5.41, 5.74) is 0.223. The van der Waals surface area contributed by atoms with Gasteiger partial charge in [-0.1, -0.05) is 0 Å². The Morgan fingerprint density at radius 2 is 1.93 bits per heavy atom. The van der Waals surface area contributed by atoms with Gasteiger partial charge in [0.15, 0.2) is 5.82 Å². The first-order chi connectivity index (χ1) is 13.1. The predicted octanol–water partition coefficient (Wildman–Crippen LogP) is 3.43. The Labute approximate surface area is 157 Å². The van der Waals surface area contributed by atoms with Gasteiger partial charge in [-0.05, 0) is 42.8 Å². The lowest BCUT2D eigenvalue weighted by molar-refractivity contribution is -0.137. The minimum Gasteiger partial charge on any atom is -0.343 e. The van der Waals surface area contributed by atoms with Crippen molar-refractivity contribution >= 4 is 28.7 Å². The lowest BCUT2D eigenvalue weighted by Crippen LogP contribution is -2.27. The number of halogens is 3. The summed E-state index contributed by atoms with van der Waals surface area (Å²) in [6.07, 6.45) is -2.99. The highest BCUT2D eigenvalue weighted by molar-refractivity contribution is 5.94. The first-order valence-corrected chi connectivity index (χ1v) is 8.25. The number of fused-ring (bicyclic) bond motifs is 1. The molecule has 0 fully saturated rings. The molecule has 1 aromatic carbocycles. The van der Waals surface area contributed by atoms with Crippen LogP contribution >= 0.6 is 0 Å². The van der Waals surface area contributed by atoms with E-state index in [1.807, 2.05) is 0 Å². The fourth-order valence-corrected chi connectivity index (χ4v) is 2.61. The number of aromatic amines is 1. The molecule has 0 aliphatic rings. The van der Waals surface area contributed by atoms with Crippen LogP contribution in [0.1, 0.15) is 41.6 Å². The summed E-state index contributed by atoms with van der Waals surface area (Å²) in [6.45, 7) is 3.07. The first-order valence-electron chi connectivity index (χ1n) is 8.25. The summed E-state index contributed by atoms with van der Waals surface area (Å²) in [7, 11) is 0. The van der Waals surface area contributed by atoms with Crippen molar-refractivity contribution in [3.8, 4) is 0 Å². The van der Waals surface area contributed by atoms with Crippen LogP contribution in [0.4, 0.5) is 19.0 Å². The molecule has 3 aromatic rings. The molecular formula is C18H16F3N5O2. The van der Waals surface area contributed by atoms with E-state index in [4.69, 9.17) is 0 Å². The minimum absolute atomic E-state index is 0.0997. The molecule has 3 rings (SSSR count). The van der Waals surface area contributed by atoms with Gasteiger partial charge in [0.2, 0.25) is 5.91 Å². The van der Waals surface area contributed by atoms with Crippen LogP contribution in [0.25, 0.3) is 11.0 Å². The number of hydrogen-bond acceptors (Lipinski definition) is 4. The molecule has 0 saturated carbocycles. The average molecular weight is 391 g/mol. The minimum atomic E-state index is -4.48. The number of rotatable bonds is 4. The van der Waals surface area contributed by atoms with Gasteiger partial charge in [-0.2, -0.15) is 13.2 Å². The van der Waals surface area contributed by atoms with E-state index >= 15 is 0 Å². The molecule has 1 unspecified atom stereocenters. The van der Waals surface area contributed by atoms with Gasteiger partial charge in [0.1, 0.15) is 5.82 Å². The van der Waals surface area contributed by atoms with Gasteiger partial charge in [-0.25, -0.2) is 9.97 Å². The van der Waals surface area contributed by atoms with Crippen molar-refractivity contribution in [3.05, 3.63) is 53.5 Å². The quantitative estimate of drug-likeness (QED) is 0.634. The first kappa shape index (κ1) is 19.3. The Balaban J connectivity index is 1.78. The number of alkyl halides is 3. The van der Waals surface area contributed by atoms with Crippen molar-refractivity contribution in [2.45, 2.75) is 26.1 Å². The smallest absolute Gasteiger partial charge is 0.343 e. The highest BCUT2D eigenvalue weighted by atomic mass is 19.4. The molecule has 3 N–H and O–H groups in total. The van der Waals surface area contributed by atoms with Crippen LogP contribution in [0.5, 0.6) is 0 Å². The highest BCUT2D eigenvalue weighted by Crippen LogP contribution is 2.30. The average Bonchev–Trinajstić information content (AvgIpc) is 3.04. The van der Waals surface area contributed by atoms with E-state index in [0.717, 1.165) is 12.1 Å². The number of aromatic nitrogens is 3. The second-order valence-electron chi connectivity index (χ2n) is 6.17. The summed E-state index contributed by atoms with van der Waals surface area (Å²) in [5.74, 6) is -0.608. The molecular weight excluding hydrogens is 375 g/mol. The van der Waals surface area contributed by atoms with Crippen molar-refractivity contribution < 1.29 is 22.8 Å². The van der Waals surface area contributed by atoms with Crippen LogP contribution in [0.3, 0.4) is 0 Å². The van der Waals surface area contributed by atoms with Crippen molar-refractivity contribution in [1.29, 1.82) is 0 Å². The van der Waals surface area contributed by atoms with E-state index in [9.17, 15) is 22.8 Å². The Hall–Kier alpha value is -3.43. The van der Waals surface area contributed by atoms with Gasteiger partial charge in [0.05, 0.1) is 22.6 Å². The van der Waals surface area contributed by atoms with Crippen molar-refractivity contribution in [1.82, 2.24) is 20.3 Å². The number of nitrogens with one attached hydrogen (secondary N) is 3. The zero-order valence-corrected chi connectivity index (χ0v) is 14.9. The number of anilines is 1. The highest BCUT2D eigenvalue weighted by Gasteiger charge is 2.31. The van der Waals surface area contributed by atoms with Gasteiger partial charge >= 0.3 is 6.18 Å². The maximum absolute atomic E-state index is 12.8. The number of benzene rings is 1. The monoisotopic (exact) mass is 391 g/mol.